The lowest BCUT2D eigenvalue weighted by atomic mass is 9.95. The van der Waals surface area contributed by atoms with Gasteiger partial charge in [-0.1, -0.05) is 6.07 Å². The minimum absolute atomic E-state index is 0.0246. The predicted molar refractivity (Wildman–Crippen MR) is 107 cm³/mol. The van der Waals surface area contributed by atoms with E-state index in [0.717, 1.165) is 5.56 Å². The van der Waals surface area contributed by atoms with Gasteiger partial charge in [-0.2, -0.15) is 0 Å². The van der Waals surface area contributed by atoms with Gasteiger partial charge in [0.2, 0.25) is 0 Å². The topological polar surface area (TPSA) is 107 Å². The number of methoxy groups -OCH3 is 2. The van der Waals surface area contributed by atoms with Crippen LogP contribution in [-0.4, -0.2) is 77.8 Å². The van der Waals surface area contributed by atoms with Gasteiger partial charge in [0.25, 0.3) is 0 Å². The summed E-state index contributed by atoms with van der Waals surface area (Å²) in [5.41, 5.74) is 0.751. The number of carbonyl (C=O) groups excluding carboxylic acids is 1. The highest BCUT2D eigenvalue weighted by Crippen LogP contribution is 2.35. The first-order chi connectivity index (χ1) is 13.6. The molecule has 0 spiro atoms. The fourth-order valence-electron chi connectivity index (χ4n) is 4.24. The number of hydrogen-bond donors (Lipinski definition) is 0. The molecule has 162 valence electrons. The zero-order valence-corrected chi connectivity index (χ0v) is 18.5. The van der Waals surface area contributed by atoms with Crippen LogP contribution in [0.4, 0.5) is 0 Å². The highest BCUT2D eigenvalue weighted by atomic mass is 32.2. The number of carbonyl (C=O) groups is 1. The molecule has 1 aromatic carbocycles. The van der Waals surface area contributed by atoms with Gasteiger partial charge >= 0.3 is 5.97 Å². The van der Waals surface area contributed by atoms with Gasteiger partial charge in [0, 0.05) is 6.04 Å². The molecule has 0 radical (unpaired) electrons. The number of likely N-dealkylation sites (tertiary alicyclic amines) is 1. The molecule has 2 aliphatic rings. The molecule has 0 aromatic heterocycles. The Labute approximate surface area is 172 Å². The van der Waals surface area contributed by atoms with E-state index in [0.29, 0.717) is 25.9 Å². The molecule has 2 heterocycles. The fourth-order valence-corrected chi connectivity index (χ4v) is 9.31. The van der Waals surface area contributed by atoms with Crippen LogP contribution in [0.3, 0.4) is 0 Å². The molecule has 2 fully saturated rings. The number of nitrogens with zero attached hydrogens (tertiary/aromatic N) is 1. The molecule has 8 nitrogen and oxygen atoms in total. The monoisotopic (exact) mass is 445 g/mol. The lowest BCUT2D eigenvalue weighted by Crippen LogP contribution is -2.50. The van der Waals surface area contributed by atoms with E-state index in [-0.39, 0.29) is 28.3 Å². The van der Waals surface area contributed by atoms with Crippen LogP contribution in [0.1, 0.15) is 18.4 Å². The molecular formula is C19H27NO7S2. The minimum Gasteiger partial charge on any atom is -0.495 e. The zero-order valence-electron chi connectivity index (χ0n) is 16.8. The summed E-state index contributed by atoms with van der Waals surface area (Å²) in [5.74, 6) is -0.913. The second kappa shape index (κ2) is 8.23. The minimum atomic E-state index is -3.95. The number of esters is 1. The number of ether oxygens (including phenoxy) is 2. The van der Waals surface area contributed by atoms with E-state index in [1.165, 1.54) is 20.3 Å². The predicted octanol–water partition coefficient (Wildman–Crippen LogP) is 0.828. The lowest BCUT2D eigenvalue weighted by Gasteiger charge is -2.36. The van der Waals surface area contributed by atoms with E-state index in [1.54, 1.807) is 19.1 Å². The van der Waals surface area contributed by atoms with Crippen LogP contribution in [-0.2, 0) is 29.2 Å². The van der Waals surface area contributed by atoms with Gasteiger partial charge in [-0.15, -0.1) is 0 Å². The SMILES string of the molecule is COC(=O)C1CCN([C@H]2CS(=O)(=O)C[C@@H]2S(=O)(=O)c2cc(C)ccc2OC)CC1. The van der Waals surface area contributed by atoms with E-state index in [9.17, 15) is 21.6 Å². The standard InChI is InChI=1S/C19H27NO7S2/c1-13-4-5-16(26-2)17(10-13)29(24,25)18-12-28(22,23)11-15(18)20-8-6-14(7-9-20)19(21)27-3/h4-5,10,14-15,18H,6-9,11-12H2,1-3H3/t15-,18-/m0/s1. The zero-order chi connectivity index (χ0) is 21.4. The summed E-state index contributed by atoms with van der Waals surface area (Å²) in [6.45, 7) is 2.69. The Morgan fingerprint density at radius 1 is 1.14 bits per heavy atom. The number of rotatable bonds is 5. The van der Waals surface area contributed by atoms with Gasteiger partial charge in [-0.25, -0.2) is 16.8 Å². The molecule has 0 N–H and O–H groups in total. The van der Waals surface area contributed by atoms with Crippen LogP contribution in [0.2, 0.25) is 0 Å². The lowest BCUT2D eigenvalue weighted by molar-refractivity contribution is -0.147. The second-order valence-electron chi connectivity index (χ2n) is 7.72. The van der Waals surface area contributed by atoms with Crippen molar-refractivity contribution in [3.8, 4) is 5.75 Å². The van der Waals surface area contributed by atoms with Gasteiger partial charge in [0.1, 0.15) is 10.6 Å². The number of piperidine rings is 1. The first-order valence-electron chi connectivity index (χ1n) is 9.50. The van der Waals surface area contributed by atoms with Crippen molar-refractivity contribution in [2.45, 2.75) is 36.0 Å². The first-order valence-corrected chi connectivity index (χ1v) is 12.9. The molecule has 10 heteroatoms. The van der Waals surface area contributed by atoms with Crippen molar-refractivity contribution >= 4 is 25.6 Å². The summed E-state index contributed by atoms with van der Waals surface area (Å²) in [7, 11) is -4.71. The summed E-state index contributed by atoms with van der Waals surface area (Å²) >= 11 is 0. The Morgan fingerprint density at radius 3 is 2.38 bits per heavy atom. The van der Waals surface area contributed by atoms with Crippen LogP contribution in [0, 0.1) is 12.8 Å². The maximum Gasteiger partial charge on any atom is 0.308 e. The van der Waals surface area contributed by atoms with Crippen LogP contribution < -0.4 is 4.74 Å². The van der Waals surface area contributed by atoms with E-state index >= 15 is 0 Å². The molecule has 1 aromatic rings. The van der Waals surface area contributed by atoms with E-state index < -0.39 is 36.7 Å². The second-order valence-corrected chi connectivity index (χ2v) is 12.0. The van der Waals surface area contributed by atoms with Crippen LogP contribution in [0.5, 0.6) is 5.75 Å². The largest absolute Gasteiger partial charge is 0.495 e. The maximum absolute atomic E-state index is 13.5. The van der Waals surface area contributed by atoms with E-state index in [4.69, 9.17) is 9.47 Å². The molecule has 0 bridgehead atoms. The van der Waals surface area contributed by atoms with Crippen LogP contribution in [0.25, 0.3) is 0 Å². The summed E-state index contributed by atoms with van der Waals surface area (Å²) < 4.78 is 61.8. The summed E-state index contributed by atoms with van der Waals surface area (Å²) in [6.07, 6.45) is 1.04. The molecule has 2 aliphatic heterocycles. The van der Waals surface area contributed by atoms with Crippen molar-refractivity contribution in [3.05, 3.63) is 23.8 Å². The average molecular weight is 446 g/mol. The van der Waals surface area contributed by atoms with Crippen molar-refractivity contribution in [1.29, 1.82) is 0 Å². The van der Waals surface area contributed by atoms with Crippen molar-refractivity contribution in [3.63, 3.8) is 0 Å². The Hall–Kier alpha value is -1.65. The first kappa shape index (κ1) is 22.0. The summed E-state index contributed by atoms with van der Waals surface area (Å²) in [4.78, 5) is 13.7. The third kappa shape index (κ3) is 4.44. The van der Waals surface area contributed by atoms with Crippen molar-refractivity contribution in [1.82, 2.24) is 4.90 Å². The molecule has 0 saturated carbocycles. The van der Waals surface area contributed by atoms with Gasteiger partial charge in [0.05, 0.1) is 36.9 Å². The van der Waals surface area contributed by atoms with Crippen molar-refractivity contribution < 1.29 is 31.1 Å². The van der Waals surface area contributed by atoms with Gasteiger partial charge in [0.15, 0.2) is 19.7 Å². The normalized spacial score (nSPS) is 25.6. The molecule has 2 atom stereocenters. The summed E-state index contributed by atoms with van der Waals surface area (Å²) in [5, 5.41) is -1.07. The Morgan fingerprint density at radius 2 is 1.79 bits per heavy atom. The Balaban J connectivity index is 1.91. The van der Waals surface area contributed by atoms with Gasteiger partial charge in [-0.05, 0) is 50.6 Å². The molecule has 0 amide bonds. The average Bonchev–Trinajstić information content (AvgIpc) is 3.03. The number of sulfone groups is 2. The quantitative estimate of drug-likeness (QED) is 0.614. The molecule has 2 saturated heterocycles. The number of aryl methyl sites for hydroxylation is 1. The molecule has 0 unspecified atom stereocenters. The third-order valence-electron chi connectivity index (χ3n) is 5.83. The number of benzene rings is 1. The highest BCUT2D eigenvalue weighted by molar-refractivity contribution is 7.96. The molecule has 0 aliphatic carbocycles. The van der Waals surface area contributed by atoms with Crippen molar-refractivity contribution in [2.75, 3.05) is 38.8 Å². The molecule has 3 rings (SSSR count). The van der Waals surface area contributed by atoms with Crippen LogP contribution >= 0.6 is 0 Å². The molecule has 29 heavy (non-hydrogen) atoms. The highest BCUT2D eigenvalue weighted by Gasteiger charge is 2.49. The van der Waals surface area contributed by atoms with Crippen molar-refractivity contribution in [2.24, 2.45) is 5.92 Å². The van der Waals surface area contributed by atoms with E-state index in [2.05, 4.69) is 0 Å². The smallest absolute Gasteiger partial charge is 0.308 e. The fraction of sp³-hybridized carbons (Fsp3) is 0.632. The Kier molecular flexibility index (Phi) is 6.26. The Bertz CT molecular complexity index is 980. The number of hydrogen-bond acceptors (Lipinski definition) is 8. The van der Waals surface area contributed by atoms with Gasteiger partial charge < -0.3 is 9.47 Å². The van der Waals surface area contributed by atoms with Gasteiger partial charge in [-0.3, -0.25) is 9.69 Å². The summed E-state index contributed by atoms with van der Waals surface area (Å²) in [6, 6.07) is 4.22. The van der Waals surface area contributed by atoms with Crippen LogP contribution in [0.15, 0.2) is 23.1 Å². The third-order valence-corrected chi connectivity index (χ3v) is 9.97. The maximum atomic E-state index is 13.5. The van der Waals surface area contributed by atoms with E-state index in [1.807, 2.05) is 4.90 Å². The molecular weight excluding hydrogens is 418 g/mol.